The SMILES string of the molecule is C[C@H](Sc1nnc(-c2cccc(F)c2)n1N)C(=O)N1CCc2ccccc2C1. The number of amides is 1. The Bertz CT molecular complexity index is 1020. The zero-order valence-corrected chi connectivity index (χ0v) is 16.2. The van der Waals surface area contributed by atoms with Crippen molar-refractivity contribution in [2.24, 2.45) is 0 Å². The highest BCUT2D eigenvalue weighted by atomic mass is 32.2. The predicted octanol–water partition coefficient (Wildman–Crippen LogP) is 2.86. The van der Waals surface area contributed by atoms with E-state index >= 15 is 0 Å². The van der Waals surface area contributed by atoms with Gasteiger partial charge in [-0.15, -0.1) is 10.2 Å². The molecule has 0 radical (unpaired) electrons. The largest absolute Gasteiger partial charge is 0.337 e. The lowest BCUT2D eigenvalue weighted by Gasteiger charge is -2.30. The molecule has 1 aromatic heterocycles. The van der Waals surface area contributed by atoms with Crippen LogP contribution in [0.15, 0.2) is 53.7 Å². The molecule has 2 aromatic carbocycles. The number of rotatable bonds is 4. The summed E-state index contributed by atoms with van der Waals surface area (Å²) in [6.45, 7) is 3.15. The molecule has 0 saturated heterocycles. The van der Waals surface area contributed by atoms with Gasteiger partial charge in [-0.25, -0.2) is 9.07 Å². The molecule has 1 aliphatic heterocycles. The number of halogens is 1. The summed E-state index contributed by atoms with van der Waals surface area (Å²) >= 11 is 1.25. The van der Waals surface area contributed by atoms with Crippen molar-refractivity contribution < 1.29 is 9.18 Å². The van der Waals surface area contributed by atoms with E-state index in [4.69, 9.17) is 5.84 Å². The number of nitrogen functional groups attached to an aromatic ring is 1. The molecule has 0 bridgehead atoms. The van der Waals surface area contributed by atoms with Gasteiger partial charge in [0.15, 0.2) is 5.82 Å². The van der Waals surface area contributed by atoms with Crippen LogP contribution in [0, 0.1) is 5.82 Å². The average molecular weight is 397 g/mol. The quantitative estimate of drug-likeness (QED) is 0.541. The van der Waals surface area contributed by atoms with Crippen molar-refractivity contribution >= 4 is 17.7 Å². The fourth-order valence-electron chi connectivity index (χ4n) is 3.33. The molecule has 2 heterocycles. The molecule has 0 aliphatic carbocycles. The molecule has 1 atom stereocenters. The predicted molar refractivity (Wildman–Crippen MR) is 106 cm³/mol. The number of fused-ring (bicyclic) bond motifs is 1. The van der Waals surface area contributed by atoms with Gasteiger partial charge in [0, 0.05) is 18.7 Å². The molecular formula is C20H20FN5OS. The van der Waals surface area contributed by atoms with E-state index in [2.05, 4.69) is 22.3 Å². The van der Waals surface area contributed by atoms with Crippen LogP contribution in [0.5, 0.6) is 0 Å². The Kier molecular flexibility index (Phi) is 5.04. The van der Waals surface area contributed by atoms with Crippen molar-refractivity contribution in [3.8, 4) is 11.4 Å². The maximum absolute atomic E-state index is 13.5. The van der Waals surface area contributed by atoms with Gasteiger partial charge >= 0.3 is 0 Å². The number of carbonyl (C=O) groups is 1. The first kappa shape index (κ1) is 18.5. The first-order valence-electron chi connectivity index (χ1n) is 9.01. The first-order chi connectivity index (χ1) is 13.5. The Morgan fingerprint density at radius 2 is 1.96 bits per heavy atom. The molecule has 6 nitrogen and oxygen atoms in total. The van der Waals surface area contributed by atoms with E-state index in [1.807, 2.05) is 24.0 Å². The van der Waals surface area contributed by atoms with Gasteiger partial charge in [0.1, 0.15) is 5.82 Å². The van der Waals surface area contributed by atoms with Gasteiger partial charge in [-0.05, 0) is 36.6 Å². The number of thioether (sulfide) groups is 1. The van der Waals surface area contributed by atoms with Crippen molar-refractivity contribution in [2.75, 3.05) is 12.4 Å². The molecule has 4 rings (SSSR count). The molecule has 1 aliphatic rings. The van der Waals surface area contributed by atoms with Crippen molar-refractivity contribution in [3.63, 3.8) is 0 Å². The second-order valence-electron chi connectivity index (χ2n) is 6.73. The molecule has 1 amide bonds. The lowest BCUT2D eigenvalue weighted by atomic mass is 10.00. The van der Waals surface area contributed by atoms with Crippen LogP contribution in [0.25, 0.3) is 11.4 Å². The van der Waals surface area contributed by atoms with Gasteiger partial charge in [-0.1, -0.05) is 48.2 Å². The molecular weight excluding hydrogens is 377 g/mol. The van der Waals surface area contributed by atoms with Crippen LogP contribution < -0.4 is 5.84 Å². The molecule has 0 unspecified atom stereocenters. The summed E-state index contributed by atoms with van der Waals surface area (Å²) in [5, 5.41) is 8.19. The van der Waals surface area contributed by atoms with Gasteiger partial charge in [0.05, 0.1) is 5.25 Å². The summed E-state index contributed by atoms with van der Waals surface area (Å²) in [6.07, 6.45) is 0.857. The Morgan fingerprint density at radius 1 is 1.18 bits per heavy atom. The third kappa shape index (κ3) is 3.60. The fourth-order valence-corrected chi connectivity index (χ4v) is 4.19. The standard InChI is InChI=1S/C20H20FN5OS/c1-13(19(27)25-10-9-14-5-2-3-6-16(14)12-25)28-20-24-23-18(26(20)22)15-7-4-8-17(21)11-15/h2-8,11,13H,9-10,12,22H2,1H3/t13-/m0/s1. The minimum atomic E-state index is -0.372. The maximum Gasteiger partial charge on any atom is 0.236 e. The van der Waals surface area contributed by atoms with E-state index in [-0.39, 0.29) is 17.0 Å². The van der Waals surface area contributed by atoms with E-state index in [0.717, 1.165) is 6.42 Å². The fraction of sp³-hybridized carbons (Fsp3) is 0.250. The van der Waals surface area contributed by atoms with Gasteiger partial charge < -0.3 is 10.7 Å². The van der Waals surface area contributed by atoms with Gasteiger partial charge in [0.2, 0.25) is 11.1 Å². The molecule has 0 spiro atoms. The highest BCUT2D eigenvalue weighted by Gasteiger charge is 2.27. The Balaban J connectivity index is 1.47. The number of benzene rings is 2. The van der Waals surface area contributed by atoms with Crippen molar-refractivity contribution in [1.29, 1.82) is 0 Å². The number of nitrogens with zero attached hydrogens (tertiary/aromatic N) is 4. The summed E-state index contributed by atoms with van der Waals surface area (Å²) in [5.41, 5.74) is 3.02. The number of hydrogen-bond donors (Lipinski definition) is 1. The summed E-state index contributed by atoms with van der Waals surface area (Å²) in [6, 6.07) is 14.2. The Hall–Kier alpha value is -2.87. The average Bonchev–Trinajstić information content (AvgIpc) is 3.07. The number of hydrogen-bond acceptors (Lipinski definition) is 5. The van der Waals surface area contributed by atoms with E-state index in [0.29, 0.717) is 29.6 Å². The minimum absolute atomic E-state index is 0.0369. The van der Waals surface area contributed by atoms with Gasteiger partial charge in [-0.3, -0.25) is 4.79 Å². The molecule has 8 heteroatoms. The third-order valence-corrected chi connectivity index (χ3v) is 5.86. The smallest absolute Gasteiger partial charge is 0.236 e. The lowest BCUT2D eigenvalue weighted by Crippen LogP contribution is -2.40. The number of nitrogens with two attached hydrogens (primary N) is 1. The lowest BCUT2D eigenvalue weighted by molar-refractivity contribution is -0.131. The van der Waals surface area contributed by atoms with Gasteiger partial charge in [-0.2, -0.15) is 0 Å². The molecule has 0 saturated carbocycles. The van der Waals surface area contributed by atoms with Crippen LogP contribution in [-0.2, 0) is 17.8 Å². The minimum Gasteiger partial charge on any atom is -0.337 e. The Morgan fingerprint density at radius 3 is 2.75 bits per heavy atom. The van der Waals surface area contributed by atoms with Gasteiger partial charge in [0.25, 0.3) is 0 Å². The monoisotopic (exact) mass is 397 g/mol. The van der Waals surface area contributed by atoms with E-state index in [1.54, 1.807) is 12.1 Å². The normalized spacial score (nSPS) is 14.6. The summed E-state index contributed by atoms with van der Waals surface area (Å²) < 4.78 is 14.8. The summed E-state index contributed by atoms with van der Waals surface area (Å²) in [7, 11) is 0. The summed E-state index contributed by atoms with van der Waals surface area (Å²) in [5.74, 6) is 6.12. The zero-order chi connectivity index (χ0) is 19.7. The van der Waals surface area contributed by atoms with Crippen LogP contribution in [0.3, 0.4) is 0 Å². The summed E-state index contributed by atoms with van der Waals surface area (Å²) in [4.78, 5) is 14.8. The molecule has 2 N–H and O–H groups in total. The Labute approximate surface area is 166 Å². The highest BCUT2D eigenvalue weighted by molar-refractivity contribution is 8.00. The van der Waals surface area contributed by atoms with Crippen molar-refractivity contribution in [3.05, 3.63) is 65.5 Å². The van der Waals surface area contributed by atoms with Crippen LogP contribution in [0.1, 0.15) is 18.1 Å². The van der Waals surface area contributed by atoms with E-state index < -0.39 is 0 Å². The second kappa shape index (κ2) is 7.63. The van der Waals surface area contributed by atoms with E-state index in [9.17, 15) is 9.18 Å². The van der Waals surface area contributed by atoms with Crippen molar-refractivity contribution in [2.45, 2.75) is 30.3 Å². The molecule has 0 fully saturated rings. The highest BCUT2D eigenvalue weighted by Crippen LogP contribution is 2.27. The number of aromatic nitrogens is 3. The maximum atomic E-state index is 13.5. The van der Waals surface area contributed by atoms with Crippen LogP contribution in [0.2, 0.25) is 0 Å². The molecule has 3 aromatic rings. The number of carbonyl (C=O) groups excluding carboxylic acids is 1. The van der Waals surface area contributed by atoms with Crippen molar-refractivity contribution in [1.82, 2.24) is 19.8 Å². The van der Waals surface area contributed by atoms with E-state index in [1.165, 1.54) is 39.7 Å². The van der Waals surface area contributed by atoms with Crippen LogP contribution >= 0.6 is 11.8 Å². The van der Waals surface area contributed by atoms with Crippen LogP contribution in [0.4, 0.5) is 4.39 Å². The topological polar surface area (TPSA) is 77.0 Å². The third-order valence-electron chi connectivity index (χ3n) is 4.82. The zero-order valence-electron chi connectivity index (χ0n) is 15.4. The first-order valence-corrected chi connectivity index (χ1v) is 9.89. The second-order valence-corrected chi connectivity index (χ2v) is 8.03. The molecule has 28 heavy (non-hydrogen) atoms. The van der Waals surface area contributed by atoms with Crippen LogP contribution in [-0.4, -0.2) is 37.5 Å². The molecule has 144 valence electrons.